The van der Waals surface area contributed by atoms with Crippen molar-refractivity contribution in [2.24, 2.45) is 5.73 Å². The predicted molar refractivity (Wildman–Crippen MR) is 46.5 cm³/mol. The maximum absolute atomic E-state index is 5.49. The Balaban J connectivity index is 2.50. The molecule has 2 N–H and O–H groups in total. The fourth-order valence-corrected chi connectivity index (χ4v) is 0.918. The van der Waals surface area contributed by atoms with Crippen LogP contribution in [0.4, 0.5) is 0 Å². The van der Waals surface area contributed by atoms with Crippen LogP contribution in [-0.2, 0) is 17.9 Å². The summed E-state index contributed by atoms with van der Waals surface area (Å²) in [6.07, 6.45) is 1.86. The molecule has 0 saturated heterocycles. The molecule has 1 heterocycles. The standard InChI is InChI=1S/C9H15NO2/c1-7(2)12-6-9-8(5-10)3-4-11-9/h3-4,7H,5-6,10H2,1-2H3. The van der Waals surface area contributed by atoms with Gasteiger partial charge in [-0.15, -0.1) is 0 Å². The first kappa shape index (κ1) is 9.29. The third kappa shape index (κ3) is 2.36. The van der Waals surface area contributed by atoms with Gasteiger partial charge in [0.25, 0.3) is 0 Å². The van der Waals surface area contributed by atoms with Gasteiger partial charge in [-0.1, -0.05) is 0 Å². The van der Waals surface area contributed by atoms with Crippen molar-refractivity contribution < 1.29 is 9.15 Å². The van der Waals surface area contributed by atoms with E-state index in [-0.39, 0.29) is 6.10 Å². The molecule has 0 fully saturated rings. The Morgan fingerprint density at radius 1 is 1.58 bits per heavy atom. The summed E-state index contributed by atoms with van der Waals surface area (Å²) in [5, 5.41) is 0. The number of ether oxygens (including phenoxy) is 1. The number of furan rings is 1. The summed E-state index contributed by atoms with van der Waals surface area (Å²) in [5.74, 6) is 0.839. The lowest BCUT2D eigenvalue weighted by molar-refractivity contribution is 0.0539. The van der Waals surface area contributed by atoms with Gasteiger partial charge in [-0.25, -0.2) is 0 Å². The van der Waals surface area contributed by atoms with Gasteiger partial charge in [0.15, 0.2) is 0 Å². The molecule has 0 bridgehead atoms. The van der Waals surface area contributed by atoms with E-state index in [0.717, 1.165) is 11.3 Å². The molecule has 0 aromatic carbocycles. The molecule has 0 spiro atoms. The first-order valence-corrected chi connectivity index (χ1v) is 4.11. The van der Waals surface area contributed by atoms with E-state index in [1.54, 1.807) is 6.26 Å². The molecule has 0 amide bonds. The molecule has 0 atom stereocenters. The molecular formula is C9H15NO2. The largest absolute Gasteiger partial charge is 0.467 e. The Labute approximate surface area is 72.5 Å². The van der Waals surface area contributed by atoms with Crippen molar-refractivity contribution in [2.45, 2.75) is 33.1 Å². The fraction of sp³-hybridized carbons (Fsp3) is 0.556. The molecular weight excluding hydrogens is 154 g/mol. The lowest BCUT2D eigenvalue weighted by Crippen LogP contribution is -2.04. The third-order valence-corrected chi connectivity index (χ3v) is 1.61. The number of hydrogen-bond donors (Lipinski definition) is 1. The Bertz CT molecular complexity index is 230. The molecule has 0 radical (unpaired) electrons. The van der Waals surface area contributed by atoms with E-state index in [4.69, 9.17) is 14.9 Å². The summed E-state index contributed by atoms with van der Waals surface area (Å²) in [6.45, 7) is 5.00. The molecule has 0 aliphatic heterocycles. The van der Waals surface area contributed by atoms with E-state index < -0.39 is 0 Å². The number of hydrogen-bond acceptors (Lipinski definition) is 3. The predicted octanol–water partition coefficient (Wildman–Crippen LogP) is 1.66. The van der Waals surface area contributed by atoms with Crippen molar-refractivity contribution in [2.75, 3.05) is 0 Å². The zero-order valence-electron chi connectivity index (χ0n) is 7.54. The highest BCUT2D eigenvalue weighted by molar-refractivity contribution is 5.15. The summed E-state index contributed by atoms with van der Waals surface area (Å²) >= 11 is 0. The second-order valence-electron chi connectivity index (χ2n) is 2.93. The van der Waals surface area contributed by atoms with Gasteiger partial charge in [0.1, 0.15) is 12.4 Å². The van der Waals surface area contributed by atoms with Crippen molar-refractivity contribution in [1.82, 2.24) is 0 Å². The molecule has 1 rings (SSSR count). The van der Waals surface area contributed by atoms with Crippen LogP contribution in [0.3, 0.4) is 0 Å². The van der Waals surface area contributed by atoms with Gasteiger partial charge < -0.3 is 14.9 Å². The van der Waals surface area contributed by atoms with Crippen LogP contribution >= 0.6 is 0 Å². The minimum absolute atomic E-state index is 0.223. The summed E-state index contributed by atoms with van der Waals surface area (Å²) < 4.78 is 10.6. The first-order chi connectivity index (χ1) is 5.74. The van der Waals surface area contributed by atoms with Crippen LogP contribution in [0.1, 0.15) is 25.2 Å². The highest BCUT2D eigenvalue weighted by atomic mass is 16.5. The van der Waals surface area contributed by atoms with E-state index >= 15 is 0 Å². The van der Waals surface area contributed by atoms with E-state index in [2.05, 4.69) is 0 Å². The lowest BCUT2D eigenvalue weighted by atomic mass is 10.2. The first-order valence-electron chi connectivity index (χ1n) is 4.11. The van der Waals surface area contributed by atoms with Crippen LogP contribution in [0.25, 0.3) is 0 Å². The maximum atomic E-state index is 5.49. The molecule has 0 unspecified atom stereocenters. The maximum Gasteiger partial charge on any atom is 0.133 e. The second kappa shape index (κ2) is 4.28. The summed E-state index contributed by atoms with van der Waals surface area (Å²) in [5.41, 5.74) is 6.51. The Morgan fingerprint density at radius 3 is 2.92 bits per heavy atom. The van der Waals surface area contributed by atoms with Crippen molar-refractivity contribution in [3.63, 3.8) is 0 Å². The average molecular weight is 169 g/mol. The minimum Gasteiger partial charge on any atom is -0.467 e. The highest BCUT2D eigenvalue weighted by Gasteiger charge is 2.04. The van der Waals surface area contributed by atoms with Gasteiger partial charge in [0.2, 0.25) is 0 Å². The van der Waals surface area contributed by atoms with Crippen LogP contribution in [-0.4, -0.2) is 6.10 Å². The van der Waals surface area contributed by atoms with E-state index in [1.807, 2.05) is 19.9 Å². The Hall–Kier alpha value is -0.800. The van der Waals surface area contributed by atoms with Gasteiger partial charge in [-0.2, -0.15) is 0 Å². The van der Waals surface area contributed by atoms with E-state index in [0.29, 0.717) is 13.2 Å². The monoisotopic (exact) mass is 169 g/mol. The zero-order valence-corrected chi connectivity index (χ0v) is 7.54. The van der Waals surface area contributed by atoms with Gasteiger partial charge in [-0.05, 0) is 19.9 Å². The Morgan fingerprint density at radius 2 is 2.33 bits per heavy atom. The molecule has 1 aromatic heterocycles. The van der Waals surface area contributed by atoms with E-state index in [1.165, 1.54) is 0 Å². The molecule has 0 aliphatic carbocycles. The third-order valence-electron chi connectivity index (χ3n) is 1.61. The summed E-state index contributed by atoms with van der Waals surface area (Å²) in [4.78, 5) is 0. The number of nitrogens with two attached hydrogens (primary N) is 1. The minimum atomic E-state index is 0.223. The summed E-state index contributed by atoms with van der Waals surface area (Å²) in [6, 6.07) is 1.87. The average Bonchev–Trinajstić information content (AvgIpc) is 2.47. The Kier molecular flexibility index (Phi) is 3.31. The zero-order chi connectivity index (χ0) is 8.97. The fourth-order valence-electron chi connectivity index (χ4n) is 0.918. The lowest BCUT2D eigenvalue weighted by Gasteiger charge is -2.05. The normalized spacial score (nSPS) is 11.0. The van der Waals surface area contributed by atoms with Crippen LogP contribution < -0.4 is 5.73 Å². The molecule has 3 nitrogen and oxygen atoms in total. The molecule has 12 heavy (non-hydrogen) atoms. The molecule has 0 aliphatic rings. The van der Waals surface area contributed by atoms with Gasteiger partial charge in [0.05, 0.1) is 12.4 Å². The molecule has 0 saturated carbocycles. The molecule has 3 heteroatoms. The topological polar surface area (TPSA) is 48.4 Å². The van der Waals surface area contributed by atoms with Crippen molar-refractivity contribution in [3.05, 3.63) is 23.7 Å². The SMILES string of the molecule is CC(C)OCc1occc1CN. The van der Waals surface area contributed by atoms with Crippen molar-refractivity contribution >= 4 is 0 Å². The summed E-state index contributed by atoms with van der Waals surface area (Å²) in [7, 11) is 0. The van der Waals surface area contributed by atoms with Crippen LogP contribution in [0.2, 0.25) is 0 Å². The quantitative estimate of drug-likeness (QED) is 0.745. The second-order valence-corrected chi connectivity index (χ2v) is 2.93. The number of rotatable bonds is 4. The van der Waals surface area contributed by atoms with Crippen molar-refractivity contribution in [1.29, 1.82) is 0 Å². The molecule has 1 aromatic rings. The van der Waals surface area contributed by atoms with Crippen LogP contribution in [0.5, 0.6) is 0 Å². The smallest absolute Gasteiger partial charge is 0.133 e. The van der Waals surface area contributed by atoms with Gasteiger partial charge >= 0.3 is 0 Å². The molecule has 68 valence electrons. The van der Waals surface area contributed by atoms with Crippen molar-refractivity contribution in [3.8, 4) is 0 Å². The van der Waals surface area contributed by atoms with E-state index in [9.17, 15) is 0 Å². The van der Waals surface area contributed by atoms with Crippen LogP contribution in [0.15, 0.2) is 16.7 Å². The van der Waals surface area contributed by atoms with Crippen LogP contribution in [0, 0.1) is 0 Å². The highest BCUT2D eigenvalue weighted by Crippen LogP contribution is 2.11. The van der Waals surface area contributed by atoms with Gasteiger partial charge in [-0.3, -0.25) is 0 Å². The van der Waals surface area contributed by atoms with Gasteiger partial charge in [0, 0.05) is 12.1 Å².